The summed E-state index contributed by atoms with van der Waals surface area (Å²) in [5.74, 6) is 1.48. The molecule has 1 N–H and O–H groups in total. The molecular weight excluding hydrogens is 368 g/mol. The molecule has 0 bridgehead atoms. The number of aromatic amines is 1. The molecule has 0 amide bonds. The largest absolute Gasteiger partial charge is 0.309 e. The minimum atomic E-state index is 0.701. The summed E-state index contributed by atoms with van der Waals surface area (Å²) in [6, 6.07) is 35.5. The fourth-order valence-electron chi connectivity index (χ4n) is 4.08. The smallest absolute Gasteiger partial charge is 0.181 e. The molecule has 0 radical (unpaired) electrons. The third-order valence-corrected chi connectivity index (χ3v) is 5.48. The SMILES string of the molecule is c1ccc(-c2nc(-c3ccc4c(c3)c3ccccc3n4-c3ccccc3)n[nH]2)cc1. The minimum Gasteiger partial charge on any atom is -0.309 e. The predicted octanol–water partition coefficient (Wildman–Crippen LogP) is 6.24. The van der Waals surface area contributed by atoms with Crippen molar-refractivity contribution >= 4 is 21.8 Å². The molecule has 0 saturated heterocycles. The van der Waals surface area contributed by atoms with Gasteiger partial charge in [-0.15, -0.1) is 0 Å². The highest BCUT2D eigenvalue weighted by Crippen LogP contribution is 2.34. The van der Waals surface area contributed by atoms with Crippen molar-refractivity contribution in [1.82, 2.24) is 19.7 Å². The maximum atomic E-state index is 4.73. The molecule has 0 aliphatic carbocycles. The van der Waals surface area contributed by atoms with Gasteiger partial charge in [-0.05, 0) is 36.4 Å². The molecule has 4 aromatic carbocycles. The molecule has 142 valence electrons. The molecule has 30 heavy (non-hydrogen) atoms. The summed E-state index contributed by atoms with van der Waals surface area (Å²) in [5, 5.41) is 9.95. The van der Waals surface area contributed by atoms with Crippen molar-refractivity contribution in [3.05, 3.63) is 103 Å². The first kappa shape index (κ1) is 16.7. The molecule has 0 spiro atoms. The zero-order chi connectivity index (χ0) is 19.9. The van der Waals surface area contributed by atoms with Gasteiger partial charge in [-0.1, -0.05) is 66.7 Å². The molecule has 0 fully saturated rings. The van der Waals surface area contributed by atoms with Crippen LogP contribution in [0.4, 0.5) is 0 Å². The monoisotopic (exact) mass is 386 g/mol. The number of hydrogen-bond donors (Lipinski definition) is 1. The maximum Gasteiger partial charge on any atom is 0.181 e. The molecule has 0 unspecified atom stereocenters. The van der Waals surface area contributed by atoms with Gasteiger partial charge in [-0.3, -0.25) is 5.10 Å². The Labute approximate surface area is 173 Å². The van der Waals surface area contributed by atoms with Gasteiger partial charge < -0.3 is 4.57 Å². The number of H-pyrrole nitrogens is 1. The van der Waals surface area contributed by atoms with Crippen LogP contribution in [0.3, 0.4) is 0 Å². The lowest BCUT2D eigenvalue weighted by Gasteiger charge is -2.07. The van der Waals surface area contributed by atoms with Crippen LogP contribution in [0.5, 0.6) is 0 Å². The van der Waals surface area contributed by atoms with E-state index in [4.69, 9.17) is 4.98 Å². The van der Waals surface area contributed by atoms with E-state index in [-0.39, 0.29) is 0 Å². The van der Waals surface area contributed by atoms with Crippen molar-refractivity contribution in [1.29, 1.82) is 0 Å². The quantitative estimate of drug-likeness (QED) is 0.391. The van der Waals surface area contributed by atoms with Gasteiger partial charge in [0.2, 0.25) is 0 Å². The van der Waals surface area contributed by atoms with Crippen molar-refractivity contribution in [2.75, 3.05) is 0 Å². The van der Waals surface area contributed by atoms with Crippen LogP contribution in [0.1, 0.15) is 0 Å². The highest BCUT2D eigenvalue weighted by molar-refractivity contribution is 6.10. The second kappa shape index (κ2) is 6.71. The van der Waals surface area contributed by atoms with Crippen LogP contribution in [0.25, 0.3) is 50.3 Å². The molecule has 6 rings (SSSR count). The van der Waals surface area contributed by atoms with E-state index in [1.807, 2.05) is 36.4 Å². The minimum absolute atomic E-state index is 0.701. The lowest BCUT2D eigenvalue weighted by Crippen LogP contribution is -1.92. The topological polar surface area (TPSA) is 46.5 Å². The summed E-state index contributed by atoms with van der Waals surface area (Å²) in [5.41, 5.74) is 5.54. The van der Waals surface area contributed by atoms with E-state index < -0.39 is 0 Å². The first-order chi connectivity index (χ1) is 14.9. The summed E-state index contributed by atoms with van der Waals surface area (Å²) in [6.45, 7) is 0. The molecule has 0 saturated carbocycles. The van der Waals surface area contributed by atoms with Crippen LogP contribution in [-0.4, -0.2) is 19.7 Å². The van der Waals surface area contributed by atoms with Crippen molar-refractivity contribution in [3.63, 3.8) is 0 Å². The van der Waals surface area contributed by atoms with Crippen LogP contribution in [-0.2, 0) is 0 Å². The summed E-state index contributed by atoms with van der Waals surface area (Å²) in [4.78, 5) is 4.73. The third-order valence-electron chi connectivity index (χ3n) is 5.48. The van der Waals surface area contributed by atoms with E-state index >= 15 is 0 Å². The highest BCUT2D eigenvalue weighted by atomic mass is 15.2. The number of para-hydroxylation sites is 2. The zero-order valence-electron chi connectivity index (χ0n) is 16.2. The van der Waals surface area contributed by atoms with Gasteiger partial charge in [0.05, 0.1) is 11.0 Å². The van der Waals surface area contributed by atoms with Crippen molar-refractivity contribution in [2.45, 2.75) is 0 Å². The molecule has 2 heterocycles. The summed E-state index contributed by atoms with van der Waals surface area (Å²) < 4.78 is 2.31. The average Bonchev–Trinajstić information content (AvgIpc) is 3.43. The number of nitrogens with one attached hydrogen (secondary N) is 1. The second-order valence-electron chi connectivity index (χ2n) is 7.29. The van der Waals surface area contributed by atoms with E-state index in [0.29, 0.717) is 5.82 Å². The lowest BCUT2D eigenvalue weighted by atomic mass is 10.1. The van der Waals surface area contributed by atoms with Gasteiger partial charge in [0, 0.05) is 27.6 Å². The van der Waals surface area contributed by atoms with Crippen molar-refractivity contribution < 1.29 is 0 Å². The fraction of sp³-hybridized carbons (Fsp3) is 0. The van der Waals surface area contributed by atoms with Crippen LogP contribution in [0.15, 0.2) is 103 Å². The number of aromatic nitrogens is 4. The lowest BCUT2D eigenvalue weighted by molar-refractivity contribution is 1.10. The fourth-order valence-corrected chi connectivity index (χ4v) is 4.08. The van der Waals surface area contributed by atoms with Gasteiger partial charge in [0.1, 0.15) is 0 Å². The number of hydrogen-bond acceptors (Lipinski definition) is 2. The average molecular weight is 386 g/mol. The Morgan fingerprint density at radius 2 is 1.30 bits per heavy atom. The second-order valence-corrected chi connectivity index (χ2v) is 7.29. The molecule has 4 heteroatoms. The molecule has 0 atom stereocenters. The number of fused-ring (bicyclic) bond motifs is 3. The summed E-state index contributed by atoms with van der Waals surface area (Å²) in [6.07, 6.45) is 0. The number of nitrogens with zero attached hydrogens (tertiary/aromatic N) is 3. The first-order valence-electron chi connectivity index (χ1n) is 9.95. The number of benzene rings is 4. The van der Waals surface area contributed by atoms with E-state index in [0.717, 1.165) is 22.6 Å². The van der Waals surface area contributed by atoms with E-state index in [1.54, 1.807) is 0 Å². The molecule has 0 aliphatic rings. The third kappa shape index (κ3) is 2.62. The van der Waals surface area contributed by atoms with E-state index in [1.165, 1.54) is 21.8 Å². The Morgan fingerprint density at radius 1 is 0.600 bits per heavy atom. The summed E-state index contributed by atoms with van der Waals surface area (Å²) >= 11 is 0. The van der Waals surface area contributed by atoms with Gasteiger partial charge in [-0.2, -0.15) is 5.10 Å². The van der Waals surface area contributed by atoms with Gasteiger partial charge in [-0.25, -0.2) is 4.98 Å². The van der Waals surface area contributed by atoms with Crippen LogP contribution < -0.4 is 0 Å². The number of rotatable bonds is 3. The Kier molecular flexibility index (Phi) is 3.74. The van der Waals surface area contributed by atoms with Crippen LogP contribution >= 0.6 is 0 Å². The predicted molar refractivity (Wildman–Crippen MR) is 122 cm³/mol. The Morgan fingerprint density at radius 3 is 2.13 bits per heavy atom. The Balaban J connectivity index is 1.54. The van der Waals surface area contributed by atoms with Gasteiger partial charge in [0.15, 0.2) is 11.6 Å². The molecular formula is C26H18N4. The standard InChI is InChI=1S/C26H18N4/c1-3-9-18(10-4-1)25-27-26(29-28-25)19-15-16-24-22(17-19)21-13-7-8-14-23(21)30(24)20-11-5-2-6-12-20/h1-17H,(H,27,28,29). The van der Waals surface area contributed by atoms with E-state index in [2.05, 4.69) is 81.5 Å². The van der Waals surface area contributed by atoms with Crippen molar-refractivity contribution in [2.24, 2.45) is 0 Å². The van der Waals surface area contributed by atoms with E-state index in [9.17, 15) is 0 Å². The van der Waals surface area contributed by atoms with Gasteiger partial charge >= 0.3 is 0 Å². The molecule has 0 aliphatic heterocycles. The van der Waals surface area contributed by atoms with Crippen LogP contribution in [0.2, 0.25) is 0 Å². The molecule has 2 aromatic heterocycles. The normalized spacial score (nSPS) is 11.3. The summed E-state index contributed by atoms with van der Waals surface area (Å²) in [7, 11) is 0. The molecule has 6 aromatic rings. The van der Waals surface area contributed by atoms with Gasteiger partial charge in [0.25, 0.3) is 0 Å². The highest BCUT2D eigenvalue weighted by Gasteiger charge is 2.14. The Bertz CT molecular complexity index is 1480. The maximum absolute atomic E-state index is 4.73. The van der Waals surface area contributed by atoms with Crippen LogP contribution in [0, 0.1) is 0 Å². The van der Waals surface area contributed by atoms with Crippen molar-refractivity contribution in [3.8, 4) is 28.5 Å². The Hall–Kier alpha value is -4.18. The first-order valence-corrected chi connectivity index (χ1v) is 9.95. The molecule has 4 nitrogen and oxygen atoms in total. The zero-order valence-corrected chi connectivity index (χ0v) is 16.2.